The van der Waals surface area contributed by atoms with E-state index in [2.05, 4.69) is 20.7 Å². The van der Waals surface area contributed by atoms with Crippen molar-refractivity contribution in [2.75, 3.05) is 5.33 Å². The van der Waals surface area contributed by atoms with Gasteiger partial charge in [0.25, 0.3) is 0 Å². The number of ether oxygens (including phenoxy) is 1. The topological polar surface area (TPSA) is 83.8 Å². The third kappa shape index (κ3) is 2.16. The molecular formula is C15H11BrO5. The minimum Gasteiger partial charge on any atom is -0.389 e. The number of hydrogen-bond donors (Lipinski definition) is 2. The zero-order valence-corrected chi connectivity index (χ0v) is 12.3. The molecule has 0 aliphatic carbocycles. The Morgan fingerprint density at radius 1 is 1.05 bits per heavy atom. The molecule has 0 saturated carbocycles. The van der Waals surface area contributed by atoms with Gasteiger partial charge in [-0.1, -0.05) is 34.1 Å². The van der Waals surface area contributed by atoms with Gasteiger partial charge in [-0.15, -0.1) is 0 Å². The average Bonchev–Trinajstić information content (AvgIpc) is 2.50. The molecule has 1 aliphatic heterocycles. The molecule has 0 spiro atoms. The number of aliphatic hydroxyl groups is 2. The number of esters is 2. The van der Waals surface area contributed by atoms with Crippen LogP contribution in [0.5, 0.6) is 0 Å². The fourth-order valence-corrected chi connectivity index (χ4v) is 2.87. The first kappa shape index (κ1) is 14.2. The van der Waals surface area contributed by atoms with Gasteiger partial charge in [0, 0.05) is 10.7 Å². The van der Waals surface area contributed by atoms with Crippen LogP contribution in [0.1, 0.15) is 32.4 Å². The van der Waals surface area contributed by atoms with E-state index in [-0.39, 0.29) is 16.5 Å². The Balaban J connectivity index is 2.31. The smallest absolute Gasteiger partial charge is 0.346 e. The minimum absolute atomic E-state index is 0.206. The predicted octanol–water partition coefficient (Wildman–Crippen LogP) is 1.94. The summed E-state index contributed by atoms with van der Waals surface area (Å²) in [6.45, 7) is 0. The maximum atomic E-state index is 11.8. The molecule has 2 unspecified atom stereocenters. The van der Waals surface area contributed by atoms with Gasteiger partial charge >= 0.3 is 11.9 Å². The summed E-state index contributed by atoms with van der Waals surface area (Å²) in [4.78, 5) is 23.6. The number of alkyl halides is 1. The van der Waals surface area contributed by atoms with Gasteiger partial charge in [-0.25, -0.2) is 9.59 Å². The van der Waals surface area contributed by atoms with Gasteiger partial charge in [0.2, 0.25) is 0 Å². The highest BCUT2D eigenvalue weighted by Crippen LogP contribution is 2.34. The van der Waals surface area contributed by atoms with E-state index >= 15 is 0 Å². The number of cyclic esters (lactones) is 2. The molecule has 2 aromatic carbocycles. The second-order valence-corrected chi connectivity index (χ2v) is 5.42. The number of benzene rings is 2. The number of carbonyl (C=O) groups is 2. The van der Waals surface area contributed by atoms with E-state index in [0.29, 0.717) is 16.3 Å². The first-order valence-electron chi connectivity index (χ1n) is 6.29. The van der Waals surface area contributed by atoms with Crippen LogP contribution in [0.3, 0.4) is 0 Å². The van der Waals surface area contributed by atoms with Crippen molar-refractivity contribution in [3.05, 3.63) is 47.0 Å². The van der Waals surface area contributed by atoms with Crippen molar-refractivity contribution in [3.8, 4) is 0 Å². The van der Waals surface area contributed by atoms with E-state index in [0.717, 1.165) is 0 Å². The van der Waals surface area contributed by atoms with Crippen LogP contribution in [0, 0.1) is 0 Å². The van der Waals surface area contributed by atoms with Gasteiger partial charge in [0.15, 0.2) is 0 Å². The zero-order chi connectivity index (χ0) is 15.1. The zero-order valence-electron chi connectivity index (χ0n) is 10.7. The summed E-state index contributed by atoms with van der Waals surface area (Å²) in [7, 11) is 0. The number of aliphatic hydroxyl groups excluding tert-OH is 2. The molecule has 2 atom stereocenters. The van der Waals surface area contributed by atoms with Gasteiger partial charge in [0.1, 0.15) is 6.10 Å². The summed E-state index contributed by atoms with van der Waals surface area (Å²) in [5.74, 6) is -1.41. The van der Waals surface area contributed by atoms with Crippen LogP contribution in [-0.4, -0.2) is 33.6 Å². The van der Waals surface area contributed by atoms with E-state index in [9.17, 15) is 19.8 Å². The van der Waals surface area contributed by atoms with Crippen LogP contribution in [0.15, 0.2) is 30.3 Å². The average molecular weight is 351 g/mol. The molecule has 0 fully saturated rings. The van der Waals surface area contributed by atoms with Crippen molar-refractivity contribution in [3.63, 3.8) is 0 Å². The van der Waals surface area contributed by atoms with Crippen LogP contribution < -0.4 is 0 Å². The van der Waals surface area contributed by atoms with Crippen LogP contribution in [0.4, 0.5) is 0 Å². The van der Waals surface area contributed by atoms with Gasteiger partial charge in [-0.05, 0) is 23.1 Å². The minimum atomic E-state index is -1.12. The van der Waals surface area contributed by atoms with Crippen molar-refractivity contribution in [1.29, 1.82) is 0 Å². The molecule has 3 rings (SSSR count). The van der Waals surface area contributed by atoms with Crippen molar-refractivity contribution >= 4 is 38.6 Å². The molecule has 2 N–H and O–H groups in total. The Morgan fingerprint density at radius 2 is 1.71 bits per heavy atom. The highest BCUT2D eigenvalue weighted by atomic mass is 79.9. The molecule has 2 aromatic rings. The molecule has 0 amide bonds. The van der Waals surface area contributed by atoms with Crippen molar-refractivity contribution < 1.29 is 24.5 Å². The molecule has 0 radical (unpaired) electrons. The van der Waals surface area contributed by atoms with Crippen LogP contribution in [0.2, 0.25) is 0 Å². The molecule has 5 nitrogen and oxygen atoms in total. The van der Waals surface area contributed by atoms with E-state index < -0.39 is 24.1 Å². The summed E-state index contributed by atoms with van der Waals surface area (Å²) in [6.07, 6.45) is -2.12. The molecular weight excluding hydrogens is 340 g/mol. The maximum absolute atomic E-state index is 11.8. The van der Waals surface area contributed by atoms with E-state index in [1.54, 1.807) is 24.3 Å². The lowest BCUT2D eigenvalue weighted by Gasteiger charge is -2.21. The predicted molar refractivity (Wildman–Crippen MR) is 78.5 cm³/mol. The Kier molecular flexibility index (Phi) is 3.52. The molecule has 1 heterocycles. The Hall–Kier alpha value is -1.76. The van der Waals surface area contributed by atoms with E-state index in [1.165, 1.54) is 6.07 Å². The molecule has 21 heavy (non-hydrogen) atoms. The number of rotatable bonds is 3. The normalized spacial score (nSPS) is 16.7. The van der Waals surface area contributed by atoms with Crippen molar-refractivity contribution in [2.45, 2.75) is 12.2 Å². The summed E-state index contributed by atoms with van der Waals surface area (Å²) >= 11 is 3.11. The number of hydrogen-bond acceptors (Lipinski definition) is 5. The Bertz CT molecular complexity index is 735. The third-order valence-electron chi connectivity index (χ3n) is 3.54. The lowest BCUT2D eigenvalue weighted by atomic mass is 9.91. The summed E-state index contributed by atoms with van der Waals surface area (Å²) in [5, 5.41) is 21.2. The monoisotopic (exact) mass is 350 g/mol. The van der Waals surface area contributed by atoms with Crippen molar-refractivity contribution in [1.82, 2.24) is 0 Å². The molecule has 0 saturated heterocycles. The quantitative estimate of drug-likeness (QED) is 0.502. The maximum Gasteiger partial charge on any atom is 0.346 e. The van der Waals surface area contributed by atoms with Crippen LogP contribution in [0.25, 0.3) is 10.8 Å². The molecule has 6 heteroatoms. The number of halogens is 1. The summed E-state index contributed by atoms with van der Waals surface area (Å²) in [5.41, 5.74) is 1.03. The van der Waals surface area contributed by atoms with Crippen LogP contribution >= 0.6 is 15.9 Å². The standard InChI is InChI=1S/C15H11BrO5/c16-6-11(17)13(18)8-4-5-10-12-7(8)2-1-3-9(12)14(19)21-15(10)20/h1-5,11,13,17-18H,6H2. The highest BCUT2D eigenvalue weighted by Gasteiger charge is 2.29. The van der Waals surface area contributed by atoms with E-state index in [4.69, 9.17) is 0 Å². The van der Waals surface area contributed by atoms with Crippen molar-refractivity contribution in [2.24, 2.45) is 0 Å². The SMILES string of the molecule is O=C1OC(=O)c2ccc(C(O)C(O)CBr)c3cccc1c23. The van der Waals surface area contributed by atoms with Crippen LogP contribution in [-0.2, 0) is 4.74 Å². The largest absolute Gasteiger partial charge is 0.389 e. The van der Waals surface area contributed by atoms with Gasteiger partial charge < -0.3 is 14.9 Å². The first-order chi connectivity index (χ1) is 10.0. The molecule has 0 aromatic heterocycles. The Labute approximate surface area is 128 Å². The lowest BCUT2D eigenvalue weighted by molar-refractivity contribution is 0.0350. The fourth-order valence-electron chi connectivity index (χ4n) is 2.51. The van der Waals surface area contributed by atoms with Gasteiger partial charge in [-0.3, -0.25) is 0 Å². The first-order valence-corrected chi connectivity index (χ1v) is 7.41. The third-order valence-corrected chi connectivity index (χ3v) is 4.20. The fraction of sp³-hybridized carbons (Fsp3) is 0.200. The lowest BCUT2D eigenvalue weighted by Crippen LogP contribution is -2.22. The van der Waals surface area contributed by atoms with Gasteiger partial charge in [0.05, 0.1) is 17.2 Å². The second-order valence-electron chi connectivity index (χ2n) is 4.77. The number of carbonyl (C=O) groups excluding carboxylic acids is 2. The summed E-state index contributed by atoms with van der Waals surface area (Å²) < 4.78 is 4.67. The molecule has 1 aliphatic rings. The highest BCUT2D eigenvalue weighted by molar-refractivity contribution is 9.09. The Morgan fingerprint density at radius 3 is 2.38 bits per heavy atom. The van der Waals surface area contributed by atoms with E-state index in [1.807, 2.05) is 0 Å². The molecule has 108 valence electrons. The van der Waals surface area contributed by atoms with Gasteiger partial charge in [-0.2, -0.15) is 0 Å². The second kappa shape index (κ2) is 5.22. The summed E-state index contributed by atoms with van der Waals surface area (Å²) in [6, 6.07) is 7.98. The molecule has 0 bridgehead atoms.